The molecule has 0 aliphatic carbocycles. The largest absolute Gasteiger partial charge is 0.494 e. The van der Waals surface area contributed by atoms with Crippen molar-refractivity contribution in [2.75, 3.05) is 6.61 Å². The van der Waals surface area contributed by atoms with E-state index >= 15 is 0 Å². The van der Waals surface area contributed by atoms with Gasteiger partial charge in [0, 0.05) is 0 Å². The molecule has 2 aromatic rings. The van der Waals surface area contributed by atoms with Crippen LogP contribution in [0.4, 0.5) is 0 Å². The number of carbonyl (C=O) groups excluding carboxylic acids is 1. The molecule has 0 saturated carbocycles. The van der Waals surface area contributed by atoms with E-state index in [2.05, 4.69) is 34.6 Å². The van der Waals surface area contributed by atoms with E-state index in [0.29, 0.717) is 23.8 Å². The molecule has 0 radical (unpaired) electrons. The Labute approximate surface area is 151 Å². The third-order valence-corrected chi connectivity index (χ3v) is 3.98. The standard InChI is InChI=1S/C22H28O3/c1-16(2)14-15-24-19-10-6-17(7-11-19)21(23)25-20-12-8-18(9-13-20)22(3,4)5/h6-13,16H,14-15H2,1-5H3. The molecule has 0 aliphatic rings. The van der Waals surface area contributed by atoms with Crippen LogP contribution < -0.4 is 9.47 Å². The highest BCUT2D eigenvalue weighted by Crippen LogP contribution is 2.24. The van der Waals surface area contributed by atoms with Gasteiger partial charge in [0.2, 0.25) is 0 Å². The van der Waals surface area contributed by atoms with Crippen LogP contribution in [0, 0.1) is 5.92 Å². The molecule has 0 N–H and O–H groups in total. The number of carbonyl (C=O) groups is 1. The second-order valence-electron chi connectivity index (χ2n) is 7.72. The summed E-state index contributed by atoms with van der Waals surface area (Å²) in [5.41, 5.74) is 1.79. The molecule has 0 amide bonds. The number of esters is 1. The molecule has 0 fully saturated rings. The zero-order valence-electron chi connectivity index (χ0n) is 15.8. The summed E-state index contributed by atoms with van der Waals surface area (Å²) in [7, 11) is 0. The molecular formula is C22H28O3. The van der Waals surface area contributed by atoms with Gasteiger partial charge in [0.25, 0.3) is 0 Å². The maximum atomic E-state index is 12.2. The van der Waals surface area contributed by atoms with Crippen molar-refractivity contribution in [2.24, 2.45) is 5.92 Å². The van der Waals surface area contributed by atoms with Gasteiger partial charge in [-0.15, -0.1) is 0 Å². The van der Waals surface area contributed by atoms with Crippen LogP contribution in [0.25, 0.3) is 0 Å². The quantitative estimate of drug-likeness (QED) is 0.505. The second-order valence-corrected chi connectivity index (χ2v) is 7.72. The molecule has 134 valence electrons. The van der Waals surface area contributed by atoms with E-state index in [9.17, 15) is 4.79 Å². The van der Waals surface area contributed by atoms with Crippen LogP contribution in [0.3, 0.4) is 0 Å². The van der Waals surface area contributed by atoms with E-state index in [1.165, 1.54) is 5.56 Å². The van der Waals surface area contributed by atoms with Crippen molar-refractivity contribution in [3.63, 3.8) is 0 Å². The minimum atomic E-state index is -0.364. The highest BCUT2D eigenvalue weighted by atomic mass is 16.5. The first-order chi connectivity index (χ1) is 11.8. The van der Waals surface area contributed by atoms with Crippen LogP contribution in [-0.4, -0.2) is 12.6 Å². The number of hydrogen-bond donors (Lipinski definition) is 0. The van der Waals surface area contributed by atoms with Crippen molar-refractivity contribution < 1.29 is 14.3 Å². The molecule has 2 aromatic carbocycles. The van der Waals surface area contributed by atoms with Crippen molar-refractivity contribution >= 4 is 5.97 Å². The van der Waals surface area contributed by atoms with Crippen LogP contribution in [0.1, 0.15) is 57.0 Å². The maximum Gasteiger partial charge on any atom is 0.343 e. The van der Waals surface area contributed by atoms with Crippen LogP contribution >= 0.6 is 0 Å². The van der Waals surface area contributed by atoms with Gasteiger partial charge in [0.15, 0.2) is 0 Å². The van der Waals surface area contributed by atoms with Crippen molar-refractivity contribution in [3.8, 4) is 11.5 Å². The third kappa shape index (κ3) is 5.93. The van der Waals surface area contributed by atoms with Gasteiger partial charge in [0.1, 0.15) is 11.5 Å². The van der Waals surface area contributed by atoms with Gasteiger partial charge in [0.05, 0.1) is 12.2 Å². The van der Waals surface area contributed by atoms with E-state index in [1.807, 2.05) is 24.3 Å². The molecule has 25 heavy (non-hydrogen) atoms. The van der Waals surface area contributed by atoms with Gasteiger partial charge >= 0.3 is 5.97 Å². The smallest absolute Gasteiger partial charge is 0.343 e. The summed E-state index contributed by atoms with van der Waals surface area (Å²) >= 11 is 0. The molecule has 0 atom stereocenters. The van der Waals surface area contributed by atoms with Gasteiger partial charge < -0.3 is 9.47 Å². The Balaban J connectivity index is 1.94. The Hall–Kier alpha value is -2.29. The van der Waals surface area contributed by atoms with E-state index in [1.54, 1.807) is 24.3 Å². The van der Waals surface area contributed by atoms with Gasteiger partial charge in [-0.05, 0) is 59.7 Å². The lowest BCUT2D eigenvalue weighted by molar-refractivity contribution is 0.0734. The molecule has 0 aromatic heterocycles. The number of hydrogen-bond acceptors (Lipinski definition) is 3. The van der Waals surface area contributed by atoms with Crippen molar-refractivity contribution in [1.29, 1.82) is 0 Å². The van der Waals surface area contributed by atoms with E-state index in [0.717, 1.165) is 12.2 Å². The van der Waals surface area contributed by atoms with Gasteiger partial charge in [-0.2, -0.15) is 0 Å². The first-order valence-corrected chi connectivity index (χ1v) is 8.81. The number of ether oxygens (including phenoxy) is 2. The first kappa shape index (κ1) is 19.0. The molecule has 0 bridgehead atoms. The molecular weight excluding hydrogens is 312 g/mol. The average Bonchev–Trinajstić information content (AvgIpc) is 2.55. The average molecular weight is 340 g/mol. The zero-order chi connectivity index (χ0) is 18.4. The fourth-order valence-electron chi connectivity index (χ4n) is 2.29. The summed E-state index contributed by atoms with van der Waals surface area (Å²) in [6, 6.07) is 14.7. The minimum absolute atomic E-state index is 0.0773. The molecule has 2 rings (SSSR count). The summed E-state index contributed by atoms with van der Waals surface area (Å²) in [6.07, 6.45) is 1.01. The van der Waals surface area contributed by atoms with E-state index in [-0.39, 0.29) is 11.4 Å². The van der Waals surface area contributed by atoms with Crippen molar-refractivity contribution in [3.05, 3.63) is 59.7 Å². The SMILES string of the molecule is CC(C)CCOc1ccc(C(=O)Oc2ccc(C(C)(C)C)cc2)cc1. The summed E-state index contributed by atoms with van der Waals surface area (Å²) in [4.78, 5) is 12.2. The van der Waals surface area contributed by atoms with Gasteiger partial charge in [-0.3, -0.25) is 0 Å². The highest BCUT2D eigenvalue weighted by Gasteiger charge is 2.14. The van der Waals surface area contributed by atoms with Crippen LogP contribution in [-0.2, 0) is 5.41 Å². The molecule has 0 unspecified atom stereocenters. The Bertz CT molecular complexity index is 677. The Morgan fingerprint density at radius 3 is 2.00 bits per heavy atom. The summed E-state index contributed by atoms with van der Waals surface area (Å²) in [5.74, 6) is 1.57. The molecule has 0 spiro atoms. The third-order valence-electron chi connectivity index (χ3n) is 3.98. The highest BCUT2D eigenvalue weighted by molar-refractivity contribution is 5.91. The van der Waals surface area contributed by atoms with Crippen LogP contribution in [0.15, 0.2) is 48.5 Å². The lowest BCUT2D eigenvalue weighted by Crippen LogP contribution is -2.11. The molecule has 0 aliphatic heterocycles. The monoisotopic (exact) mass is 340 g/mol. The Morgan fingerprint density at radius 1 is 0.920 bits per heavy atom. The first-order valence-electron chi connectivity index (χ1n) is 8.81. The fourth-order valence-corrected chi connectivity index (χ4v) is 2.29. The van der Waals surface area contributed by atoms with Gasteiger partial charge in [-0.25, -0.2) is 4.79 Å². The molecule has 0 heterocycles. The predicted octanol–water partition coefficient (Wildman–Crippen LogP) is 5.63. The number of benzene rings is 2. The summed E-state index contributed by atoms with van der Waals surface area (Å²) in [5, 5.41) is 0. The van der Waals surface area contributed by atoms with Gasteiger partial charge in [-0.1, -0.05) is 46.8 Å². The molecule has 3 heteroatoms. The lowest BCUT2D eigenvalue weighted by atomic mass is 9.87. The lowest BCUT2D eigenvalue weighted by Gasteiger charge is -2.19. The van der Waals surface area contributed by atoms with E-state index < -0.39 is 0 Å². The minimum Gasteiger partial charge on any atom is -0.494 e. The molecule has 3 nitrogen and oxygen atoms in total. The Kier molecular flexibility index (Phi) is 6.24. The normalized spacial score (nSPS) is 11.4. The van der Waals surface area contributed by atoms with Crippen LogP contribution in [0.5, 0.6) is 11.5 Å². The summed E-state index contributed by atoms with van der Waals surface area (Å²) in [6.45, 7) is 11.5. The predicted molar refractivity (Wildman–Crippen MR) is 101 cm³/mol. The summed E-state index contributed by atoms with van der Waals surface area (Å²) < 4.78 is 11.1. The van der Waals surface area contributed by atoms with E-state index in [4.69, 9.17) is 9.47 Å². The van der Waals surface area contributed by atoms with Crippen molar-refractivity contribution in [1.82, 2.24) is 0 Å². The van der Waals surface area contributed by atoms with Crippen LogP contribution in [0.2, 0.25) is 0 Å². The second kappa shape index (κ2) is 8.19. The number of rotatable bonds is 6. The molecule has 0 saturated heterocycles. The Morgan fingerprint density at radius 2 is 1.48 bits per heavy atom. The zero-order valence-corrected chi connectivity index (χ0v) is 15.8. The topological polar surface area (TPSA) is 35.5 Å². The fraction of sp³-hybridized carbons (Fsp3) is 0.409. The maximum absolute atomic E-state index is 12.2. The van der Waals surface area contributed by atoms with Crippen molar-refractivity contribution in [2.45, 2.75) is 46.5 Å².